The molecule has 148 valence electrons. The van der Waals surface area contributed by atoms with Crippen molar-refractivity contribution < 1.29 is 19.6 Å². The molecule has 0 aromatic heterocycles. The maximum Gasteiger partial charge on any atom is 0.342 e. The number of aromatic hydroxyl groups is 1. The molecule has 0 amide bonds. The molecule has 0 fully saturated rings. The van der Waals surface area contributed by atoms with Gasteiger partial charge in [-0.25, -0.2) is 4.79 Å². The van der Waals surface area contributed by atoms with Crippen molar-refractivity contribution in [3.8, 4) is 16.9 Å². The van der Waals surface area contributed by atoms with E-state index in [0.29, 0.717) is 17.5 Å². The molecule has 3 rings (SSSR count). The molecule has 0 radical (unpaired) electrons. The summed E-state index contributed by atoms with van der Waals surface area (Å²) < 4.78 is 4.94. The highest BCUT2D eigenvalue weighted by Gasteiger charge is 2.25. The third kappa shape index (κ3) is 4.25. The summed E-state index contributed by atoms with van der Waals surface area (Å²) in [6, 6.07) is 17.3. The fourth-order valence-corrected chi connectivity index (χ4v) is 4.06. The van der Waals surface area contributed by atoms with Crippen LogP contribution >= 0.6 is 11.8 Å². The van der Waals surface area contributed by atoms with Gasteiger partial charge in [0.2, 0.25) is 0 Å². The van der Waals surface area contributed by atoms with Gasteiger partial charge in [-0.2, -0.15) is 0 Å². The molecule has 0 spiro atoms. The van der Waals surface area contributed by atoms with Crippen LogP contribution in [-0.4, -0.2) is 23.1 Å². The topological polar surface area (TPSA) is 89.7 Å². The number of benzene rings is 3. The number of aryl methyl sites for hydroxylation is 1. The number of methoxy groups -OCH3 is 1. The number of carbonyl (C=O) groups excluding carboxylic acids is 1. The normalized spacial score (nSPS) is 10.6. The molecule has 6 nitrogen and oxygen atoms in total. The molecule has 0 atom stereocenters. The van der Waals surface area contributed by atoms with Crippen LogP contribution in [0.2, 0.25) is 0 Å². The number of nitro groups is 1. The maximum absolute atomic E-state index is 12.6. The highest BCUT2D eigenvalue weighted by atomic mass is 32.2. The van der Waals surface area contributed by atoms with Crippen LogP contribution in [0.1, 0.15) is 22.8 Å². The lowest BCUT2D eigenvalue weighted by atomic mass is 9.95. The third-order valence-electron chi connectivity index (χ3n) is 4.45. The van der Waals surface area contributed by atoms with Crippen LogP contribution in [0.3, 0.4) is 0 Å². The Labute approximate surface area is 172 Å². The Morgan fingerprint density at radius 2 is 1.79 bits per heavy atom. The van der Waals surface area contributed by atoms with Gasteiger partial charge in [-0.1, -0.05) is 49.0 Å². The van der Waals surface area contributed by atoms with Crippen LogP contribution in [0.15, 0.2) is 70.5 Å². The molecule has 7 heteroatoms. The summed E-state index contributed by atoms with van der Waals surface area (Å²) in [7, 11) is 1.28. The zero-order valence-electron chi connectivity index (χ0n) is 15.9. The molecule has 3 aromatic rings. The van der Waals surface area contributed by atoms with Gasteiger partial charge in [-0.3, -0.25) is 10.1 Å². The van der Waals surface area contributed by atoms with Crippen LogP contribution in [0.4, 0.5) is 5.69 Å². The SMILES string of the molecule is CCc1cc(Sc2ccc([N+](=O)[O-])cc2)c(-c2ccccc2)c(C(=O)OC)c1O. The number of hydrogen-bond acceptors (Lipinski definition) is 6. The lowest BCUT2D eigenvalue weighted by Gasteiger charge is -2.18. The predicted octanol–water partition coefficient (Wildman–Crippen LogP) is 5.47. The predicted molar refractivity (Wildman–Crippen MR) is 111 cm³/mol. The number of ether oxygens (including phenoxy) is 1. The van der Waals surface area contributed by atoms with Gasteiger partial charge in [0.05, 0.1) is 12.0 Å². The molecule has 0 aliphatic heterocycles. The van der Waals surface area contributed by atoms with Gasteiger partial charge < -0.3 is 9.84 Å². The summed E-state index contributed by atoms with van der Waals surface area (Å²) in [5.74, 6) is -0.714. The van der Waals surface area contributed by atoms with E-state index in [4.69, 9.17) is 4.74 Å². The van der Waals surface area contributed by atoms with Gasteiger partial charge in [0, 0.05) is 27.5 Å². The Morgan fingerprint density at radius 1 is 1.14 bits per heavy atom. The smallest absolute Gasteiger partial charge is 0.342 e. The molecule has 0 aliphatic rings. The van der Waals surface area contributed by atoms with Crippen LogP contribution < -0.4 is 0 Å². The minimum Gasteiger partial charge on any atom is -0.507 e. The quantitative estimate of drug-likeness (QED) is 0.330. The second-order valence-corrected chi connectivity index (χ2v) is 7.31. The number of esters is 1. The number of nitrogens with zero attached hydrogens (tertiary/aromatic N) is 1. The number of hydrogen-bond donors (Lipinski definition) is 1. The van der Waals surface area contributed by atoms with E-state index in [-0.39, 0.29) is 17.0 Å². The number of non-ortho nitro benzene ring substituents is 1. The van der Waals surface area contributed by atoms with Crippen LogP contribution in [0.5, 0.6) is 5.75 Å². The summed E-state index contributed by atoms with van der Waals surface area (Å²) in [6.07, 6.45) is 0.527. The second-order valence-electron chi connectivity index (χ2n) is 6.20. The first-order valence-electron chi connectivity index (χ1n) is 8.91. The molecule has 0 heterocycles. The molecule has 0 unspecified atom stereocenters. The van der Waals surface area contributed by atoms with Crippen LogP contribution in [0.25, 0.3) is 11.1 Å². The third-order valence-corrected chi connectivity index (χ3v) is 5.50. The summed E-state index contributed by atoms with van der Waals surface area (Å²) >= 11 is 1.37. The molecule has 0 saturated carbocycles. The summed E-state index contributed by atoms with van der Waals surface area (Å²) in [5, 5.41) is 21.6. The number of carbonyl (C=O) groups is 1. The Bertz CT molecular complexity index is 1050. The van der Waals surface area contributed by atoms with Gasteiger partial charge in [-0.15, -0.1) is 0 Å². The van der Waals surface area contributed by atoms with Gasteiger partial charge in [0.15, 0.2) is 0 Å². The molecular weight excluding hydrogens is 390 g/mol. The van der Waals surface area contributed by atoms with E-state index in [1.807, 2.05) is 43.3 Å². The monoisotopic (exact) mass is 409 g/mol. The fraction of sp³-hybridized carbons (Fsp3) is 0.136. The number of phenolic OH excluding ortho intramolecular Hbond substituents is 1. The van der Waals surface area contributed by atoms with Crippen LogP contribution in [-0.2, 0) is 11.2 Å². The van der Waals surface area contributed by atoms with E-state index in [0.717, 1.165) is 15.4 Å². The lowest BCUT2D eigenvalue weighted by molar-refractivity contribution is -0.384. The molecule has 1 N–H and O–H groups in total. The average Bonchev–Trinajstić information content (AvgIpc) is 2.74. The van der Waals surface area contributed by atoms with Gasteiger partial charge in [-0.05, 0) is 35.7 Å². The van der Waals surface area contributed by atoms with E-state index >= 15 is 0 Å². The van der Waals surface area contributed by atoms with E-state index in [2.05, 4.69) is 0 Å². The number of nitro benzene ring substituents is 1. The van der Waals surface area contributed by atoms with Crippen molar-refractivity contribution in [2.24, 2.45) is 0 Å². The van der Waals surface area contributed by atoms with Gasteiger partial charge in [0.25, 0.3) is 5.69 Å². The first-order valence-corrected chi connectivity index (χ1v) is 9.72. The first-order chi connectivity index (χ1) is 14.0. The van der Waals surface area contributed by atoms with E-state index in [1.54, 1.807) is 12.1 Å². The van der Waals surface area contributed by atoms with Crippen molar-refractivity contribution in [1.82, 2.24) is 0 Å². The Hall–Kier alpha value is -3.32. The highest BCUT2D eigenvalue weighted by Crippen LogP contribution is 2.44. The first kappa shape index (κ1) is 20.4. The molecule has 0 aliphatic carbocycles. The Balaban J connectivity index is 2.21. The average molecular weight is 409 g/mol. The van der Waals surface area contributed by atoms with Crippen molar-refractivity contribution in [2.75, 3.05) is 7.11 Å². The van der Waals surface area contributed by atoms with Gasteiger partial charge >= 0.3 is 5.97 Å². The molecular formula is C22H19NO5S. The lowest BCUT2D eigenvalue weighted by Crippen LogP contribution is -2.07. The van der Waals surface area contributed by atoms with E-state index in [9.17, 15) is 20.0 Å². The second kappa shape index (κ2) is 8.79. The van der Waals surface area contributed by atoms with Crippen molar-refractivity contribution in [2.45, 2.75) is 23.1 Å². The zero-order valence-corrected chi connectivity index (χ0v) is 16.7. The Kier molecular flexibility index (Phi) is 6.19. The maximum atomic E-state index is 12.6. The fourth-order valence-electron chi connectivity index (χ4n) is 3.01. The van der Waals surface area contributed by atoms with Gasteiger partial charge in [0.1, 0.15) is 11.3 Å². The molecule has 29 heavy (non-hydrogen) atoms. The van der Waals surface area contributed by atoms with Crippen molar-refractivity contribution in [1.29, 1.82) is 0 Å². The minimum atomic E-state index is -0.623. The van der Waals surface area contributed by atoms with Crippen LogP contribution in [0, 0.1) is 10.1 Å². The summed E-state index contributed by atoms with van der Waals surface area (Å²) in [5.41, 5.74) is 2.07. The number of rotatable bonds is 6. The standard InChI is InChI=1S/C22H19NO5S/c1-3-14-13-18(29-17-11-9-16(10-12-17)23(26)27)19(15-7-5-4-6-8-15)20(21(14)24)22(25)28-2/h4-13,24H,3H2,1-2H3. The number of phenols is 1. The summed E-state index contributed by atoms with van der Waals surface area (Å²) in [4.78, 5) is 24.5. The molecule has 0 saturated heterocycles. The highest BCUT2D eigenvalue weighted by molar-refractivity contribution is 7.99. The van der Waals surface area contributed by atoms with E-state index < -0.39 is 10.9 Å². The molecule has 3 aromatic carbocycles. The van der Waals surface area contributed by atoms with E-state index in [1.165, 1.54) is 31.0 Å². The molecule has 0 bridgehead atoms. The zero-order chi connectivity index (χ0) is 21.0. The van der Waals surface area contributed by atoms with Crippen molar-refractivity contribution in [3.05, 3.63) is 81.9 Å². The summed E-state index contributed by atoms with van der Waals surface area (Å²) in [6.45, 7) is 1.89. The minimum absolute atomic E-state index is 0.00726. The largest absolute Gasteiger partial charge is 0.507 e. The Morgan fingerprint density at radius 3 is 2.34 bits per heavy atom. The van der Waals surface area contributed by atoms with Crippen molar-refractivity contribution in [3.63, 3.8) is 0 Å². The van der Waals surface area contributed by atoms with Crippen molar-refractivity contribution >= 4 is 23.4 Å².